The summed E-state index contributed by atoms with van der Waals surface area (Å²) in [6.07, 6.45) is 0.829. The molecule has 0 amide bonds. The molecule has 0 aromatic heterocycles. The molecule has 0 heterocycles. The SMILES string of the molecule is Cc1cc(C)c(C(=O)C2CC2c2ccccc2)c(F)c1. The van der Waals surface area contributed by atoms with Gasteiger partial charge in [-0.2, -0.15) is 0 Å². The van der Waals surface area contributed by atoms with E-state index in [0.29, 0.717) is 0 Å². The highest BCUT2D eigenvalue weighted by molar-refractivity contribution is 6.01. The van der Waals surface area contributed by atoms with E-state index in [-0.39, 0.29) is 29.0 Å². The summed E-state index contributed by atoms with van der Waals surface area (Å²) in [6.45, 7) is 3.65. The number of benzene rings is 2. The summed E-state index contributed by atoms with van der Waals surface area (Å²) in [7, 11) is 0. The van der Waals surface area contributed by atoms with Crippen LogP contribution in [0.3, 0.4) is 0 Å². The zero-order valence-electron chi connectivity index (χ0n) is 11.7. The minimum atomic E-state index is -0.383. The Kier molecular flexibility index (Phi) is 3.17. The van der Waals surface area contributed by atoms with E-state index in [0.717, 1.165) is 17.5 Å². The van der Waals surface area contributed by atoms with Gasteiger partial charge in [-0.05, 0) is 48.9 Å². The largest absolute Gasteiger partial charge is 0.294 e. The third-order valence-electron chi connectivity index (χ3n) is 4.03. The number of rotatable bonds is 3. The van der Waals surface area contributed by atoms with Gasteiger partial charge in [-0.15, -0.1) is 0 Å². The van der Waals surface area contributed by atoms with Gasteiger partial charge in [0.15, 0.2) is 5.78 Å². The van der Waals surface area contributed by atoms with Crippen molar-refractivity contribution in [3.8, 4) is 0 Å². The Hall–Kier alpha value is -1.96. The van der Waals surface area contributed by atoms with Crippen LogP contribution >= 0.6 is 0 Å². The summed E-state index contributed by atoms with van der Waals surface area (Å²) in [5, 5.41) is 0. The maximum atomic E-state index is 14.1. The molecular formula is C18H17FO. The normalized spacial score (nSPS) is 20.8. The molecule has 1 aliphatic carbocycles. The van der Waals surface area contributed by atoms with E-state index >= 15 is 0 Å². The van der Waals surface area contributed by atoms with Crippen molar-refractivity contribution >= 4 is 5.78 Å². The van der Waals surface area contributed by atoms with Crippen molar-refractivity contribution in [1.82, 2.24) is 0 Å². The van der Waals surface area contributed by atoms with E-state index in [2.05, 4.69) is 0 Å². The summed E-state index contributed by atoms with van der Waals surface area (Å²) in [6, 6.07) is 13.3. The van der Waals surface area contributed by atoms with Crippen LogP contribution in [-0.4, -0.2) is 5.78 Å². The van der Waals surface area contributed by atoms with Gasteiger partial charge in [0, 0.05) is 5.92 Å². The maximum absolute atomic E-state index is 14.1. The van der Waals surface area contributed by atoms with Gasteiger partial charge in [-0.3, -0.25) is 4.79 Å². The van der Waals surface area contributed by atoms with E-state index in [1.807, 2.05) is 50.2 Å². The fourth-order valence-electron chi connectivity index (χ4n) is 2.97. The number of aryl methyl sites for hydroxylation is 2. The third kappa shape index (κ3) is 2.26. The highest BCUT2D eigenvalue weighted by Crippen LogP contribution is 2.49. The van der Waals surface area contributed by atoms with Gasteiger partial charge in [-0.25, -0.2) is 4.39 Å². The highest BCUT2D eigenvalue weighted by Gasteiger charge is 2.44. The Labute approximate surface area is 118 Å². The molecule has 3 rings (SSSR count). The molecule has 1 nitrogen and oxygen atoms in total. The second-order valence-corrected chi connectivity index (χ2v) is 5.66. The van der Waals surface area contributed by atoms with E-state index in [1.165, 1.54) is 11.6 Å². The highest BCUT2D eigenvalue weighted by atomic mass is 19.1. The van der Waals surface area contributed by atoms with E-state index in [1.54, 1.807) is 0 Å². The first kappa shape index (κ1) is 13.0. The summed E-state index contributed by atoms with van der Waals surface area (Å²) in [4.78, 5) is 12.5. The smallest absolute Gasteiger partial charge is 0.169 e. The second-order valence-electron chi connectivity index (χ2n) is 5.66. The van der Waals surface area contributed by atoms with Crippen LogP contribution in [-0.2, 0) is 0 Å². The third-order valence-corrected chi connectivity index (χ3v) is 4.03. The molecule has 102 valence electrons. The molecule has 0 saturated heterocycles. The average molecular weight is 268 g/mol. The van der Waals surface area contributed by atoms with Gasteiger partial charge in [0.25, 0.3) is 0 Å². The lowest BCUT2D eigenvalue weighted by atomic mass is 9.97. The van der Waals surface area contributed by atoms with Gasteiger partial charge in [0.2, 0.25) is 0 Å². The molecule has 2 atom stereocenters. The number of Topliss-reactive ketones (excluding diaryl/α,β-unsaturated/α-hetero) is 1. The molecule has 1 saturated carbocycles. The molecular weight excluding hydrogens is 251 g/mol. The summed E-state index contributed by atoms with van der Waals surface area (Å²) < 4.78 is 14.1. The first-order valence-corrected chi connectivity index (χ1v) is 6.94. The van der Waals surface area contributed by atoms with Crippen molar-refractivity contribution in [2.24, 2.45) is 5.92 Å². The fourth-order valence-corrected chi connectivity index (χ4v) is 2.97. The van der Waals surface area contributed by atoms with Crippen LogP contribution in [0.25, 0.3) is 0 Å². The van der Waals surface area contributed by atoms with Crippen molar-refractivity contribution in [1.29, 1.82) is 0 Å². The van der Waals surface area contributed by atoms with Gasteiger partial charge < -0.3 is 0 Å². The van der Waals surface area contributed by atoms with Crippen molar-refractivity contribution < 1.29 is 9.18 Å². The second kappa shape index (κ2) is 4.86. The summed E-state index contributed by atoms with van der Waals surface area (Å²) >= 11 is 0. The van der Waals surface area contributed by atoms with Crippen LogP contribution in [0.1, 0.15) is 39.4 Å². The minimum Gasteiger partial charge on any atom is -0.294 e. The first-order chi connectivity index (χ1) is 9.58. The van der Waals surface area contributed by atoms with Crippen molar-refractivity contribution in [3.05, 3.63) is 70.5 Å². The number of carbonyl (C=O) groups is 1. The van der Waals surface area contributed by atoms with Crippen LogP contribution < -0.4 is 0 Å². The molecule has 0 radical (unpaired) electrons. The Bertz CT molecular complexity index is 637. The van der Waals surface area contributed by atoms with Crippen molar-refractivity contribution in [2.75, 3.05) is 0 Å². The van der Waals surface area contributed by atoms with E-state index in [4.69, 9.17) is 0 Å². The number of carbonyl (C=O) groups excluding carboxylic acids is 1. The maximum Gasteiger partial charge on any atom is 0.169 e. The number of ketones is 1. The fraction of sp³-hybridized carbons (Fsp3) is 0.278. The van der Waals surface area contributed by atoms with Crippen molar-refractivity contribution in [2.45, 2.75) is 26.2 Å². The molecule has 1 aliphatic rings. The van der Waals surface area contributed by atoms with Crippen LogP contribution in [0.2, 0.25) is 0 Å². The molecule has 20 heavy (non-hydrogen) atoms. The Morgan fingerprint density at radius 3 is 2.50 bits per heavy atom. The predicted molar refractivity (Wildman–Crippen MR) is 77.5 cm³/mol. The molecule has 0 aliphatic heterocycles. The topological polar surface area (TPSA) is 17.1 Å². The lowest BCUT2D eigenvalue weighted by Crippen LogP contribution is -2.09. The van der Waals surface area contributed by atoms with Gasteiger partial charge >= 0.3 is 0 Å². The lowest BCUT2D eigenvalue weighted by Gasteiger charge is -2.08. The van der Waals surface area contributed by atoms with Crippen LogP contribution in [0.15, 0.2) is 42.5 Å². The monoisotopic (exact) mass is 268 g/mol. The average Bonchev–Trinajstić information content (AvgIpc) is 3.18. The molecule has 2 aromatic rings. The quantitative estimate of drug-likeness (QED) is 0.753. The molecule has 2 aromatic carbocycles. The van der Waals surface area contributed by atoms with Crippen LogP contribution in [0.4, 0.5) is 4.39 Å². The van der Waals surface area contributed by atoms with E-state index < -0.39 is 0 Å². The first-order valence-electron chi connectivity index (χ1n) is 6.94. The standard InChI is InChI=1S/C18H17FO/c1-11-8-12(2)17(16(19)9-11)18(20)15-10-14(15)13-6-4-3-5-7-13/h3-9,14-15H,10H2,1-2H3. The zero-order chi connectivity index (χ0) is 14.3. The molecule has 0 N–H and O–H groups in total. The number of hydrogen-bond acceptors (Lipinski definition) is 1. The molecule has 1 fully saturated rings. The molecule has 0 bridgehead atoms. The van der Waals surface area contributed by atoms with Crippen LogP contribution in [0.5, 0.6) is 0 Å². The molecule has 2 unspecified atom stereocenters. The zero-order valence-corrected chi connectivity index (χ0v) is 11.7. The summed E-state index contributed by atoms with van der Waals surface area (Å²) in [5.74, 6) is -0.239. The number of halogens is 1. The van der Waals surface area contributed by atoms with Gasteiger partial charge in [-0.1, -0.05) is 36.4 Å². The van der Waals surface area contributed by atoms with Crippen LogP contribution in [0, 0.1) is 25.6 Å². The lowest BCUT2D eigenvalue weighted by molar-refractivity contribution is 0.0960. The predicted octanol–water partition coefficient (Wildman–Crippen LogP) is 4.43. The molecule has 0 spiro atoms. The Balaban J connectivity index is 1.86. The summed E-state index contributed by atoms with van der Waals surface area (Å²) in [5.41, 5.74) is 3.05. The number of hydrogen-bond donors (Lipinski definition) is 0. The van der Waals surface area contributed by atoms with Crippen molar-refractivity contribution in [3.63, 3.8) is 0 Å². The Morgan fingerprint density at radius 1 is 1.15 bits per heavy atom. The van der Waals surface area contributed by atoms with Gasteiger partial charge in [0.05, 0.1) is 5.56 Å². The molecule has 2 heteroatoms. The minimum absolute atomic E-state index is 0.0474. The van der Waals surface area contributed by atoms with Gasteiger partial charge in [0.1, 0.15) is 5.82 Å². The van der Waals surface area contributed by atoms with E-state index in [9.17, 15) is 9.18 Å². The Morgan fingerprint density at radius 2 is 1.85 bits per heavy atom.